The number of carbonyl (C=O) groups excluding carboxylic acids is 1. The Morgan fingerprint density at radius 2 is 2.00 bits per heavy atom. The summed E-state index contributed by atoms with van der Waals surface area (Å²) in [5.41, 5.74) is 1.05. The molecule has 0 saturated carbocycles. The number of alkyl halides is 3. The first-order valence-electron chi connectivity index (χ1n) is 11.9. The van der Waals surface area contributed by atoms with E-state index in [0.29, 0.717) is 36.7 Å². The van der Waals surface area contributed by atoms with Gasteiger partial charge in [-0.2, -0.15) is 18.3 Å². The summed E-state index contributed by atoms with van der Waals surface area (Å²) in [6, 6.07) is 7.84. The maximum atomic E-state index is 14.1. The fourth-order valence-corrected chi connectivity index (χ4v) is 6.08. The normalized spacial score (nSPS) is 13.8. The lowest BCUT2D eigenvalue weighted by molar-refractivity contribution is -0.141. The Labute approximate surface area is 218 Å². The Kier molecular flexibility index (Phi) is 7.77. The van der Waals surface area contributed by atoms with Crippen LogP contribution in [0.3, 0.4) is 0 Å². The van der Waals surface area contributed by atoms with Crippen molar-refractivity contribution in [3.63, 3.8) is 0 Å². The van der Waals surface area contributed by atoms with Crippen molar-refractivity contribution >= 4 is 30.9 Å². The molecule has 0 fully saturated rings. The summed E-state index contributed by atoms with van der Waals surface area (Å²) in [6.07, 6.45) is -2.35. The lowest BCUT2D eigenvalue weighted by Gasteiger charge is -2.23. The molecule has 0 unspecified atom stereocenters. The van der Waals surface area contributed by atoms with Gasteiger partial charge in [0.15, 0.2) is 5.69 Å². The highest BCUT2D eigenvalue weighted by molar-refractivity contribution is 7.17. The van der Waals surface area contributed by atoms with Gasteiger partial charge in [0.05, 0.1) is 4.88 Å². The Balaban J connectivity index is 1.67. The summed E-state index contributed by atoms with van der Waals surface area (Å²) in [7, 11) is -1.39. The second kappa shape index (κ2) is 10.5. The van der Waals surface area contributed by atoms with Crippen LogP contribution in [0.2, 0.25) is 25.7 Å². The largest absolute Gasteiger partial charge is 0.435 e. The lowest BCUT2D eigenvalue weighted by Crippen LogP contribution is -2.25. The summed E-state index contributed by atoms with van der Waals surface area (Å²) in [5.74, 6) is -0.927. The average Bonchev–Trinajstić information content (AvgIpc) is 3.40. The van der Waals surface area contributed by atoms with E-state index < -0.39 is 25.7 Å². The molecule has 0 bridgehead atoms. The van der Waals surface area contributed by atoms with E-state index in [1.54, 1.807) is 18.2 Å². The maximum absolute atomic E-state index is 14.1. The third-order valence-corrected chi connectivity index (χ3v) is 9.00. The van der Waals surface area contributed by atoms with Gasteiger partial charge in [0, 0.05) is 50.0 Å². The van der Waals surface area contributed by atoms with Crippen molar-refractivity contribution in [2.24, 2.45) is 0 Å². The van der Waals surface area contributed by atoms with Crippen molar-refractivity contribution in [2.45, 2.75) is 45.0 Å². The van der Waals surface area contributed by atoms with Crippen LogP contribution in [0, 0.1) is 5.82 Å². The van der Waals surface area contributed by atoms with E-state index in [2.05, 4.69) is 31.3 Å². The molecule has 3 aromatic rings. The van der Waals surface area contributed by atoms with Gasteiger partial charge in [0.25, 0.3) is 0 Å². The molecule has 0 N–H and O–H groups in total. The number of fused-ring (bicyclic) bond motifs is 3. The first kappa shape index (κ1) is 27.3. The number of rotatable bonds is 9. The highest BCUT2D eigenvalue weighted by atomic mass is 32.1. The fraction of sp³-hybridized carbons (Fsp3) is 0.385. The number of ketones is 1. The molecular formula is C26H29F4N3O2SSi. The van der Waals surface area contributed by atoms with Crippen LogP contribution in [0.5, 0.6) is 0 Å². The topological polar surface area (TPSA) is 47.4 Å². The van der Waals surface area contributed by atoms with Crippen molar-refractivity contribution in [1.29, 1.82) is 0 Å². The summed E-state index contributed by atoms with van der Waals surface area (Å²) in [6.45, 7) is 11.6. The quantitative estimate of drug-likeness (QED) is 0.0958. The molecule has 1 aromatic carbocycles. The number of thiophene rings is 1. The number of aromatic nitrogens is 2. The van der Waals surface area contributed by atoms with E-state index in [-0.39, 0.29) is 18.2 Å². The number of ether oxygens (including phenoxy) is 1. The van der Waals surface area contributed by atoms with Gasteiger partial charge in [-0.15, -0.1) is 17.9 Å². The zero-order valence-corrected chi connectivity index (χ0v) is 22.8. The Morgan fingerprint density at radius 1 is 1.24 bits per heavy atom. The van der Waals surface area contributed by atoms with Crippen LogP contribution < -0.4 is 4.90 Å². The van der Waals surface area contributed by atoms with E-state index in [1.807, 2.05) is 4.90 Å². The molecule has 0 spiro atoms. The zero-order chi connectivity index (χ0) is 27.0. The minimum atomic E-state index is -4.69. The highest BCUT2D eigenvalue weighted by Crippen LogP contribution is 2.42. The molecular weight excluding hydrogens is 522 g/mol. The zero-order valence-electron chi connectivity index (χ0n) is 21.0. The smallest absolute Gasteiger partial charge is 0.367 e. The van der Waals surface area contributed by atoms with Crippen LogP contribution in [0.15, 0.2) is 43.0 Å². The molecule has 11 heteroatoms. The van der Waals surface area contributed by atoms with Crippen molar-refractivity contribution in [1.82, 2.24) is 9.78 Å². The van der Waals surface area contributed by atoms with Gasteiger partial charge < -0.3 is 9.64 Å². The molecule has 3 heterocycles. The van der Waals surface area contributed by atoms with Crippen molar-refractivity contribution in [3.05, 3.63) is 70.6 Å². The SMILES string of the molecule is C=CCN1CCc2cc(C(=O)c3cc(C(F)(F)F)nn3COCC[Si](C)(C)C)sc2-c2ccc(F)cc21. The third kappa shape index (κ3) is 6.21. The van der Waals surface area contributed by atoms with Gasteiger partial charge in [-0.25, -0.2) is 9.07 Å². The van der Waals surface area contributed by atoms with Crippen molar-refractivity contribution < 1.29 is 27.1 Å². The van der Waals surface area contributed by atoms with Crippen LogP contribution in [-0.4, -0.2) is 43.3 Å². The summed E-state index contributed by atoms with van der Waals surface area (Å²) in [5, 5.41) is 3.64. The standard InChI is InChI=1S/C26H29F4N3O2SSi/c1-5-9-32-10-8-17-13-22(36-25(17)19-7-6-18(27)14-20(19)32)24(34)21-15-23(26(28,29)30)31-33(21)16-35-11-12-37(2,3)4/h5-7,13-15H,1,8-12,16H2,2-4H3. The summed E-state index contributed by atoms with van der Waals surface area (Å²) >= 11 is 1.20. The number of nitrogens with zero attached hydrogens (tertiary/aromatic N) is 3. The lowest BCUT2D eigenvalue weighted by atomic mass is 10.1. The van der Waals surface area contributed by atoms with Gasteiger partial charge in [0.1, 0.15) is 18.2 Å². The maximum Gasteiger partial charge on any atom is 0.435 e. The molecule has 1 aliphatic heterocycles. The Morgan fingerprint density at radius 3 is 2.68 bits per heavy atom. The van der Waals surface area contributed by atoms with E-state index in [4.69, 9.17) is 4.74 Å². The second-order valence-corrected chi connectivity index (χ2v) is 16.9. The molecule has 0 saturated heterocycles. The van der Waals surface area contributed by atoms with Crippen LogP contribution >= 0.6 is 11.3 Å². The number of benzene rings is 1. The third-order valence-electron chi connectivity index (χ3n) is 6.09. The number of carbonyl (C=O) groups is 1. The van der Waals surface area contributed by atoms with Crippen molar-refractivity contribution in [2.75, 3.05) is 24.6 Å². The predicted molar refractivity (Wildman–Crippen MR) is 141 cm³/mol. The molecule has 2 aromatic heterocycles. The number of hydrogen-bond acceptors (Lipinski definition) is 5. The molecule has 37 heavy (non-hydrogen) atoms. The molecule has 4 rings (SSSR count). The van der Waals surface area contributed by atoms with Gasteiger partial charge in [-0.05, 0) is 42.3 Å². The molecule has 0 radical (unpaired) electrons. The van der Waals surface area contributed by atoms with E-state index in [0.717, 1.165) is 32.8 Å². The van der Waals surface area contributed by atoms with Crippen LogP contribution in [0.4, 0.5) is 23.2 Å². The minimum Gasteiger partial charge on any atom is -0.367 e. The van der Waals surface area contributed by atoms with Gasteiger partial charge >= 0.3 is 6.18 Å². The van der Waals surface area contributed by atoms with Crippen LogP contribution in [0.25, 0.3) is 10.4 Å². The van der Waals surface area contributed by atoms with Gasteiger partial charge in [0.2, 0.25) is 5.78 Å². The first-order chi connectivity index (χ1) is 17.4. The van der Waals surface area contributed by atoms with Crippen molar-refractivity contribution in [3.8, 4) is 10.4 Å². The number of hydrogen-bond donors (Lipinski definition) is 0. The molecule has 5 nitrogen and oxygen atoms in total. The Bertz CT molecular complexity index is 1310. The summed E-state index contributed by atoms with van der Waals surface area (Å²) < 4.78 is 61.1. The average molecular weight is 552 g/mol. The fourth-order valence-electron chi connectivity index (χ4n) is 4.13. The van der Waals surface area contributed by atoms with Crippen LogP contribution in [-0.2, 0) is 24.1 Å². The number of halogens is 4. The van der Waals surface area contributed by atoms with Gasteiger partial charge in [-0.1, -0.05) is 25.7 Å². The molecule has 0 amide bonds. The first-order valence-corrected chi connectivity index (χ1v) is 16.5. The van der Waals surface area contributed by atoms with Gasteiger partial charge in [-0.3, -0.25) is 4.79 Å². The molecule has 0 atom stereocenters. The monoisotopic (exact) mass is 551 g/mol. The van der Waals surface area contributed by atoms with E-state index in [1.165, 1.54) is 23.5 Å². The summed E-state index contributed by atoms with van der Waals surface area (Å²) in [4.78, 5) is 16.6. The second-order valence-electron chi connectivity index (χ2n) is 10.2. The van der Waals surface area contributed by atoms with Crippen LogP contribution in [0.1, 0.15) is 26.6 Å². The highest BCUT2D eigenvalue weighted by Gasteiger charge is 2.36. The minimum absolute atomic E-state index is 0.177. The predicted octanol–water partition coefficient (Wildman–Crippen LogP) is 6.86. The Hall–Kier alpha value is -2.76. The molecule has 0 aliphatic carbocycles. The van der Waals surface area contributed by atoms with E-state index in [9.17, 15) is 22.4 Å². The number of anilines is 1. The molecule has 198 valence electrons. The van der Waals surface area contributed by atoms with E-state index >= 15 is 0 Å². The molecule has 1 aliphatic rings.